The van der Waals surface area contributed by atoms with Crippen LogP contribution in [0.1, 0.15) is 39.4 Å². The van der Waals surface area contributed by atoms with Crippen molar-refractivity contribution in [2.75, 3.05) is 6.61 Å². The van der Waals surface area contributed by atoms with Gasteiger partial charge in [0.15, 0.2) is 0 Å². The van der Waals surface area contributed by atoms with Crippen LogP contribution in [-0.2, 0) is 9.47 Å². The number of hydrogen-bond donors (Lipinski definition) is 1. The van der Waals surface area contributed by atoms with E-state index in [0.717, 1.165) is 4.57 Å². The first kappa shape index (κ1) is 15.7. The number of cyclic esters (lactones) is 1. The Kier molecular flexibility index (Phi) is 3.76. The minimum Gasteiger partial charge on any atom is -0.462 e. The van der Waals surface area contributed by atoms with Crippen LogP contribution >= 0.6 is 0 Å². The summed E-state index contributed by atoms with van der Waals surface area (Å²) < 4.78 is 24.2. The second kappa shape index (κ2) is 5.76. The number of rotatable bonds is 3. The number of aromatic nitrogens is 2. The molecule has 2 aromatic rings. The lowest BCUT2D eigenvalue weighted by Crippen LogP contribution is -2.34. The number of hydrogen-bond acceptors (Lipinski definition) is 6. The Bertz CT molecular complexity index is 961. The number of halogens is 1. The van der Waals surface area contributed by atoms with E-state index < -0.39 is 35.2 Å². The predicted octanol–water partition coefficient (Wildman–Crippen LogP) is 0.570. The molecule has 0 spiro atoms. The first-order valence-electron chi connectivity index (χ1n) is 6.96. The van der Waals surface area contributed by atoms with Crippen LogP contribution in [0.25, 0.3) is 0 Å². The molecule has 1 unspecified atom stereocenters. The number of nitrogens with zero attached hydrogens (tertiary/aromatic N) is 1. The number of esters is 2. The summed E-state index contributed by atoms with van der Waals surface area (Å²) in [5.41, 5.74) is -2.01. The highest BCUT2D eigenvalue weighted by Gasteiger charge is 2.37. The van der Waals surface area contributed by atoms with Gasteiger partial charge in [0.1, 0.15) is 0 Å². The van der Waals surface area contributed by atoms with Gasteiger partial charge in [0.25, 0.3) is 5.56 Å². The van der Waals surface area contributed by atoms with Crippen LogP contribution in [-0.4, -0.2) is 28.1 Å². The summed E-state index contributed by atoms with van der Waals surface area (Å²) in [7, 11) is 0. The van der Waals surface area contributed by atoms with Crippen molar-refractivity contribution in [2.45, 2.75) is 13.2 Å². The zero-order valence-corrected chi connectivity index (χ0v) is 12.4. The molecule has 0 radical (unpaired) electrons. The molecular weight excluding hydrogens is 323 g/mol. The SMILES string of the molecule is CCOC(=O)c1cccc2c1C(=O)OC2n1cc(F)c(=O)[nH]c1=O. The van der Waals surface area contributed by atoms with E-state index in [-0.39, 0.29) is 23.3 Å². The van der Waals surface area contributed by atoms with Gasteiger partial charge in [0.05, 0.1) is 23.9 Å². The maximum Gasteiger partial charge on any atom is 0.341 e. The van der Waals surface area contributed by atoms with E-state index in [1.54, 1.807) is 11.9 Å². The van der Waals surface area contributed by atoms with Gasteiger partial charge in [-0.25, -0.2) is 14.4 Å². The Morgan fingerprint density at radius 1 is 1.38 bits per heavy atom. The van der Waals surface area contributed by atoms with Gasteiger partial charge >= 0.3 is 17.6 Å². The minimum absolute atomic E-state index is 0.0141. The molecule has 1 aliphatic heterocycles. The summed E-state index contributed by atoms with van der Waals surface area (Å²) in [5.74, 6) is -2.77. The minimum atomic E-state index is -1.29. The van der Waals surface area contributed by atoms with Crippen LogP contribution in [0.15, 0.2) is 34.0 Å². The number of fused-ring (bicyclic) bond motifs is 1. The number of aromatic amines is 1. The molecule has 0 bridgehead atoms. The topological polar surface area (TPSA) is 107 Å². The van der Waals surface area contributed by atoms with Crippen molar-refractivity contribution in [3.8, 4) is 0 Å². The number of ether oxygens (including phenoxy) is 2. The van der Waals surface area contributed by atoms with Crippen molar-refractivity contribution >= 4 is 11.9 Å². The molecule has 3 rings (SSSR count). The van der Waals surface area contributed by atoms with E-state index in [4.69, 9.17) is 9.47 Å². The summed E-state index contributed by atoms with van der Waals surface area (Å²) in [5, 5.41) is 0. The molecule has 24 heavy (non-hydrogen) atoms. The van der Waals surface area contributed by atoms with Crippen LogP contribution in [0, 0.1) is 5.82 Å². The molecule has 1 aliphatic rings. The average molecular weight is 334 g/mol. The highest BCUT2D eigenvalue weighted by molar-refractivity contribution is 6.05. The summed E-state index contributed by atoms with van der Waals surface area (Å²) in [6.45, 7) is 1.73. The molecule has 1 N–H and O–H groups in total. The Morgan fingerprint density at radius 3 is 2.83 bits per heavy atom. The van der Waals surface area contributed by atoms with E-state index in [1.165, 1.54) is 18.2 Å². The second-order valence-corrected chi connectivity index (χ2v) is 4.89. The van der Waals surface area contributed by atoms with Gasteiger partial charge < -0.3 is 9.47 Å². The molecule has 1 aromatic heterocycles. The van der Waals surface area contributed by atoms with Crippen LogP contribution in [0.2, 0.25) is 0 Å². The number of nitrogens with one attached hydrogen (secondary N) is 1. The fourth-order valence-corrected chi connectivity index (χ4v) is 2.45. The largest absolute Gasteiger partial charge is 0.462 e. The zero-order valence-electron chi connectivity index (χ0n) is 12.4. The lowest BCUT2D eigenvalue weighted by atomic mass is 10.0. The smallest absolute Gasteiger partial charge is 0.341 e. The Balaban J connectivity index is 2.16. The summed E-state index contributed by atoms with van der Waals surface area (Å²) >= 11 is 0. The third kappa shape index (κ3) is 2.39. The Hall–Kier alpha value is -3.23. The number of benzene rings is 1. The Labute approximate surface area is 133 Å². The van der Waals surface area contributed by atoms with Gasteiger partial charge in [-0.2, -0.15) is 4.39 Å². The lowest BCUT2D eigenvalue weighted by molar-refractivity contribution is 0.0301. The van der Waals surface area contributed by atoms with Gasteiger partial charge in [-0.1, -0.05) is 12.1 Å². The maximum absolute atomic E-state index is 13.5. The molecule has 1 aromatic carbocycles. The highest BCUT2D eigenvalue weighted by atomic mass is 19.1. The number of carbonyl (C=O) groups excluding carboxylic acids is 2. The molecule has 0 saturated carbocycles. The van der Waals surface area contributed by atoms with Crippen LogP contribution in [0.3, 0.4) is 0 Å². The van der Waals surface area contributed by atoms with Gasteiger partial charge in [0.2, 0.25) is 12.0 Å². The first-order chi connectivity index (χ1) is 11.4. The van der Waals surface area contributed by atoms with Crippen molar-refractivity contribution in [1.29, 1.82) is 0 Å². The summed E-state index contributed by atoms with van der Waals surface area (Å²) in [6.07, 6.45) is -0.647. The molecule has 0 aliphatic carbocycles. The fraction of sp³-hybridized carbons (Fsp3) is 0.200. The van der Waals surface area contributed by atoms with Gasteiger partial charge in [-0.15, -0.1) is 0 Å². The molecule has 9 heteroatoms. The van der Waals surface area contributed by atoms with Crippen LogP contribution in [0.5, 0.6) is 0 Å². The first-order valence-corrected chi connectivity index (χ1v) is 6.96. The fourth-order valence-electron chi connectivity index (χ4n) is 2.45. The zero-order chi connectivity index (χ0) is 17.4. The molecule has 1 atom stereocenters. The quantitative estimate of drug-likeness (QED) is 0.822. The van der Waals surface area contributed by atoms with Crippen molar-refractivity contribution < 1.29 is 23.5 Å². The third-order valence-electron chi connectivity index (χ3n) is 3.46. The van der Waals surface area contributed by atoms with Crippen molar-refractivity contribution in [3.63, 3.8) is 0 Å². The monoisotopic (exact) mass is 334 g/mol. The van der Waals surface area contributed by atoms with E-state index in [0.29, 0.717) is 6.20 Å². The van der Waals surface area contributed by atoms with Crippen molar-refractivity contribution in [3.05, 3.63) is 67.7 Å². The second-order valence-electron chi connectivity index (χ2n) is 4.89. The number of carbonyl (C=O) groups is 2. The lowest BCUT2D eigenvalue weighted by Gasteiger charge is -2.13. The molecular formula is C15H11FN2O6. The van der Waals surface area contributed by atoms with Gasteiger partial charge in [-0.3, -0.25) is 14.3 Å². The summed E-state index contributed by atoms with van der Waals surface area (Å²) in [6, 6.07) is 4.33. The Morgan fingerprint density at radius 2 is 2.12 bits per heavy atom. The van der Waals surface area contributed by atoms with Crippen LogP contribution in [0.4, 0.5) is 4.39 Å². The summed E-state index contributed by atoms with van der Waals surface area (Å²) in [4.78, 5) is 48.9. The van der Waals surface area contributed by atoms with Crippen LogP contribution < -0.4 is 11.2 Å². The molecule has 2 heterocycles. The maximum atomic E-state index is 13.5. The van der Waals surface area contributed by atoms with E-state index in [9.17, 15) is 23.6 Å². The average Bonchev–Trinajstić information content (AvgIpc) is 2.88. The van der Waals surface area contributed by atoms with E-state index >= 15 is 0 Å². The number of H-pyrrole nitrogens is 1. The standard InChI is InChI=1S/C15H11FN2O6/c1-2-23-13(20)8-5-3-4-7-10(8)14(21)24-12(7)18-6-9(16)11(19)17-15(18)22/h3-6,12H,2H2,1H3,(H,17,19,22). The molecule has 8 nitrogen and oxygen atoms in total. The molecule has 0 fully saturated rings. The van der Waals surface area contributed by atoms with E-state index in [1.807, 2.05) is 0 Å². The predicted molar refractivity (Wildman–Crippen MR) is 77.2 cm³/mol. The highest BCUT2D eigenvalue weighted by Crippen LogP contribution is 2.33. The van der Waals surface area contributed by atoms with Gasteiger partial charge in [-0.05, 0) is 13.0 Å². The van der Waals surface area contributed by atoms with Crippen molar-refractivity contribution in [1.82, 2.24) is 9.55 Å². The molecule has 124 valence electrons. The van der Waals surface area contributed by atoms with Gasteiger partial charge in [0, 0.05) is 5.56 Å². The van der Waals surface area contributed by atoms with Crippen molar-refractivity contribution in [2.24, 2.45) is 0 Å². The normalized spacial score (nSPS) is 15.8. The molecule has 0 saturated heterocycles. The van der Waals surface area contributed by atoms with E-state index in [2.05, 4.69) is 0 Å². The molecule has 0 amide bonds. The third-order valence-corrected chi connectivity index (χ3v) is 3.46.